The topological polar surface area (TPSA) is 82.3 Å². The molecule has 0 fully saturated rings. The van der Waals surface area contributed by atoms with Crippen LogP contribution in [-0.2, 0) is 22.4 Å². The van der Waals surface area contributed by atoms with Gasteiger partial charge in [0.2, 0.25) is 17.5 Å². The molecule has 0 amide bonds. The molecule has 6 nitrogen and oxygen atoms in total. The molecule has 2 heterocycles. The first-order valence-electron chi connectivity index (χ1n) is 8.74. The summed E-state index contributed by atoms with van der Waals surface area (Å²) in [5, 5.41) is 7.74. The van der Waals surface area contributed by atoms with E-state index in [2.05, 4.69) is 10.1 Å². The Kier molecular flexibility index (Phi) is 6.13. The van der Waals surface area contributed by atoms with E-state index in [1.54, 1.807) is 30.4 Å². The number of ether oxygens (including phenoxy) is 1. The molecule has 3 rings (SSSR count). The van der Waals surface area contributed by atoms with Crippen LogP contribution in [0.1, 0.15) is 42.1 Å². The number of hydrogen-bond donors (Lipinski definition) is 0. The van der Waals surface area contributed by atoms with Crippen LogP contribution in [0.5, 0.6) is 0 Å². The summed E-state index contributed by atoms with van der Waals surface area (Å²) >= 11 is 1.54. The minimum Gasteiger partial charge on any atom is -0.454 e. The molecule has 140 valence electrons. The maximum atomic E-state index is 12.4. The van der Waals surface area contributed by atoms with Gasteiger partial charge in [-0.15, -0.1) is 0 Å². The summed E-state index contributed by atoms with van der Waals surface area (Å²) in [6.45, 7) is 3.63. The number of Topliss-reactive ketones (excluding diaryl/α,β-unsaturated/α-hetero) is 1. The molecule has 0 N–H and O–H groups in total. The molecular formula is C20H20N2O4S. The van der Waals surface area contributed by atoms with Crippen molar-refractivity contribution in [3.05, 3.63) is 58.1 Å². The van der Waals surface area contributed by atoms with Crippen LogP contribution in [0, 0.1) is 0 Å². The smallest absolute Gasteiger partial charge is 0.307 e. The Bertz CT molecular complexity index is 900. The molecule has 2 aromatic heterocycles. The first kappa shape index (κ1) is 19.0. The minimum absolute atomic E-state index is 0.0671. The van der Waals surface area contributed by atoms with Crippen molar-refractivity contribution in [1.29, 1.82) is 0 Å². The molecule has 1 aromatic carbocycles. The van der Waals surface area contributed by atoms with Crippen LogP contribution >= 0.6 is 11.3 Å². The lowest BCUT2D eigenvalue weighted by molar-refractivity contribution is -0.146. The van der Waals surface area contributed by atoms with E-state index in [1.165, 1.54) is 0 Å². The Balaban J connectivity index is 1.50. The standard InChI is InChI=1S/C20H20N2O4S/c1-3-14-4-6-15(7-5-14)19(24)13(2)25-18(23)9-8-17-21-20(22-26-17)16-10-11-27-12-16/h4-7,10-13H,3,8-9H2,1-2H3. The van der Waals surface area contributed by atoms with Gasteiger partial charge >= 0.3 is 5.97 Å². The van der Waals surface area contributed by atoms with Crippen LogP contribution in [0.4, 0.5) is 0 Å². The number of benzene rings is 1. The van der Waals surface area contributed by atoms with Gasteiger partial charge in [0.1, 0.15) is 0 Å². The van der Waals surface area contributed by atoms with Crippen molar-refractivity contribution >= 4 is 23.1 Å². The van der Waals surface area contributed by atoms with Crippen molar-refractivity contribution in [3.8, 4) is 11.4 Å². The Hall–Kier alpha value is -2.80. The monoisotopic (exact) mass is 384 g/mol. The van der Waals surface area contributed by atoms with Gasteiger partial charge in [-0.1, -0.05) is 36.3 Å². The number of thiophene rings is 1. The fourth-order valence-electron chi connectivity index (χ4n) is 2.52. The average molecular weight is 384 g/mol. The molecule has 0 saturated carbocycles. The van der Waals surface area contributed by atoms with Gasteiger partial charge in [0, 0.05) is 22.9 Å². The number of ketones is 1. The van der Waals surface area contributed by atoms with E-state index in [0.717, 1.165) is 17.5 Å². The van der Waals surface area contributed by atoms with Crippen LogP contribution in [0.2, 0.25) is 0 Å². The van der Waals surface area contributed by atoms with Gasteiger partial charge in [-0.2, -0.15) is 16.3 Å². The summed E-state index contributed by atoms with van der Waals surface area (Å²) in [5.41, 5.74) is 2.56. The van der Waals surface area contributed by atoms with E-state index in [4.69, 9.17) is 9.26 Å². The summed E-state index contributed by atoms with van der Waals surface area (Å²) in [6, 6.07) is 9.23. The molecule has 0 bridgehead atoms. The van der Waals surface area contributed by atoms with E-state index in [-0.39, 0.29) is 18.6 Å². The summed E-state index contributed by atoms with van der Waals surface area (Å²) in [7, 11) is 0. The Labute approximate surface area is 161 Å². The van der Waals surface area contributed by atoms with Crippen molar-refractivity contribution in [1.82, 2.24) is 10.1 Å². The van der Waals surface area contributed by atoms with Crippen LogP contribution in [0.15, 0.2) is 45.6 Å². The van der Waals surface area contributed by atoms with Crippen molar-refractivity contribution in [2.75, 3.05) is 0 Å². The SMILES string of the molecule is CCc1ccc(C(=O)C(C)OC(=O)CCc2nc(-c3ccsc3)no2)cc1. The van der Waals surface area contributed by atoms with Gasteiger partial charge in [0.05, 0.1) is 6.42 Å². The molecule has 0 radical (unpaired) electrons. The third kappa shape index (κ3) is 4.89. The molecular weight excluding hydrogens is 364 g/mol. The average Bonchev–Trinajstić information content (AvgIpc) is 3.37. The molecule has 0 aliphatic heterocycles. The predicted molar refractivity (Wildman–Crippen MR) is 102 cm³/mol. The van der Waals surface area contributed by atoms with E-state index in [9.17, 15) is 9.59 Å². The number of carbonyl (C=O) groups excluding carboxylic acids is 2. The minimum atomic E-state index is -0.839. The Morgan fingerprint density at radius 3 is 2.67 bits per heavy atom. The maximum absolute atomic E-state index is 12.4. The highest BCUT2D eigenvalue weighted by atomic mass is 32.1. The second-order valence-corrected chi connectivity index (χ2v) is 6.85. The third-order valence-corrected chi connectivity index (χ3v) is 4.80. The normalized spacial score (nSPS) is 11.9. The lowest BCUT2D eigenvalue weighted by atomic mass is 10.0. The molecule has 1 unspecified atom stereocenters. The third-order valence-electron chi connectivity index (χ3n) is 4.11. The first-order chi connectivity index (χ1) is 13.1. The molecule has 3 aromatic rings. The Morgan fingerprint density at radius 2 is 2.00 bits per heavy atom. The quantitative estimate of drug-likeness (QED) is 0.429. The second-order valence-electron chi connectivity index (χ2n) is 6.07. The predicted octanol–water partition coefficient (Wildman–Crippen LogP) is 4.11. The molecule has 0 spiro atoms. The zero-order chi connectivity index (χ0) is 19.2. The number of nitrogens with zero attached hydrogens (tertiary/aromatic N) is 2. The first-order valence-corrected chi connectivity index (χ1v) is 9.69. The zero-order valence-corrected chi connectivity index (χ0v) is 16.0. The number of hydrogen-bond acceptors (Lipinski definition) is 7. The maximum Gasteiger partial charge on any atom is 0.307 e. The van der Waals surface area contributed by atoms with Crippen molar-refractivity contribution in [3.63, 3.8) is 0 Å². The summed E-state index contributed by atoms with van der Waals surface area (Å²) in [4.78, 5) is 28.7. The lowest BCUT2D eigenvalue weighted by Gasteiger charge is -2.12. The number of carbonyl (C=O) groups is 2. The van der Waals surface area contributed by atoms with Crippen molar-refractivity contribution in [2.45, 2.75) is 39.2 Å². The van der Waals surface area contributed by atoms with Crippen LogP contribution in [0.3, 0.4) is 0 Å². The fraction of sp³-hybridized carbons (Fsp3) is 0.300. The summed E-state index contributed by atoms with van der Waals surface area (Å²) in [5.74, 6) is 0.167. The van der Waals surface area contributed by atoms with E-state index in [0.29, 0.717) is 17.3 Å². The highest BCUT2D eigenvalue weighted by Gasteiger charge is 2.20. The van der Waals surface area contributed by atoms with Gasteiger partial charge < -0.3 is 9.26 Å². The largest absolute Gasteiger partial charge is 0.454 e. The number of esters is 1. The molecule has 7 heteroatoms. The van der Waals surface area contributed by atoms with Crippen LogP contribution in [0.25, 0.3) is 11.4 Å². The summed E-state index contributed by atoms with van der Waals surface area (Å²) < 4.78 is 10.4. The lowest BCUT2D eigenvalue weighted by Crippen LogP contribution is -2.24. The van der Waals surface area contributed by atoms with Gasteiger partial charge in [0.25, 0.3) is 0 Å². The van der Waals surface area contributed by atoms with E-state index >= 15 is 0 Å². The van der Waals surface area contributed by atoms with Crippen molar-refractivity contribution < 1.29 is 18.8 Å². The second kappa shape index (κ2) is 8.73. The van der Waals surface area contributed by atoms with Crippen LogP contribution < -0.4 is 0 Å². The number of aromatic nitrogens is 2. The molecule has 0 saturated heterocycles. The number of rotatable bonds is 8. The highest BCUT2D eigenvalue weighted by Crippen LogP contribution is 2.19. The Morgan fingerprint density at radius 1 is 1.22 bits per heavy atom. The van der Waals surface area contributed by atoms with Crippen molar-refractivity contribution in [2.24, 2.45) is 0 Å². The molecule has 27 heavy (non-hydrogen) atoms. The van der Waals surface area contributed by atoms with Gasteiger partial charge in [-0.25, -0.2) is 0 Å². The van der Waals surface area contributed by atoms with E-state index < -0.39 is 12.1 Å². The summed E-state index contributed by atoms with van der Waals surface area (Å²) in [6.07, 6.45) is 0.400. The number of aryl methyl sites for hydroxylation is 2. The molecule has 1 atom stereocenters. The van der Waals surface area contributed by atoms with Gasteiger partial charge in [-0.05, 0) is 30.4 Å². The van der Waals surface area contributed by atoms with Crippen LogP contribution in [-0.4, -0.2) is 28.0 Å². The van der Waals surface area contributed by atoms with Gasteiger partial charge in [-0.3, -0.25) is 9.59 Å². The van der Waals surface area contributed by atoms with Gasteiger partial charge in [0.15, 0.2) is 6.10 Å². The molecule has 0 aliphatic rings. The van der Waals surface area contributed by atoms with E-state index in [1.807, 2.05) is 35.9 Å². The zero-order valence-electron chi connectivity index (χ0n) is 15.2. The highest BCUT2D eigenvalue weighted by molar-refractivity contribution is 7.08. The molecule has 0 aliphatic carbocycles. The fourth-order valence-corrected chi connectivity index (χ4v) is 3.16.